The minimum atomic E-state index is -0.670. The maximum atomic E-state index is 9.67. The second kappa shape index (κ2) is 4.43. The Hall–Kier alpha value is -1.46. The largest absolute Gasteiger partial charge is 0.387 e. The molecule has 92 valence electrons. The van der Waals surface area contributed by atoms with Crippen LogP contribution in [-0.2, 0) is 7.05 Å². The number of aliphatic hydroxyl groups excluding tert-OH is 1. The van der Waals surface area contributed by atoms with E-state index in [1.807, 2.05) is 17.7 Å². The summed E-state index contributed by atoms with van der Waals surface area (Å²) in [6, 6.07) is 1.85. The van der Waals surface area contributed by atoms with Gasteiger partial charge in [-0.05, 0) is 6.07 Å². The molecule has 0 radical (unpaired) electrons. The Morgan fingerprint density at radius 3 is 2.76 bits per heavy atom. The molecule has 0 amide bonds. The first-order valence-electron chi connectivity index (χ1n) is 5.75. The van der Waals surface area contributed by atoms with Crippen LogP contribution in [0.5, 0.6) is 0 Å². The molecule has 17 heavy (non-hydrogen) atoms. The molecule has 0 aliphatic rings. The van der Waals surface area contributed by atoms with Crippen molar-refractivity contribution in [1.82, 2.24) is 14.5 Å². The van der Waals surface area contributed by atoms with Crippen LogP contribution in [-0.4, -0.2) is 26.2 Å². The molecule has 0 aromatic carbocycles. The molecule has 0 aliphatic carbocycles. The molecule has 1 atom stereocenters. The Morgan fingerprint density at radius 1 is 1.47 bits per heavy atom. The van der Waals surface area contributed by atoms with Gasteiger partial charge in [-0.1, -0.05) is 13.8 Å². The first-order chi connectivity index (χ1) is 8.04. The van der Waals surface area contributed by atoms with Crippen molar-refractivity contribution in [2.45, 2.75) is 25.9 Å². The van der Waals surface area contributed by atoms with Crippen molar-refractivity contribution < 1.29 is 5.11 Å². The number of hydrogen-bond donors (Lipinski definition) is 2. The van der Waals surface area contributed by atoms with Gasteiger partial charge in [0.15, 0.2) is 5.65 Å². The molecular formula is C12H18N4O. The van der Waals surface area contributed by atoms with Crippen molar-refractivity contribution in [3.8, 4) is 0 Å². The molecule has 0 spiro atoms. The molecule has 2 aromatic heterocycles. The topological polar surface area (TPSA) is 77.0 Å². The molecule has 2 heterocycles. The highest BCUT2D eigenvalue weighted by Gasteiger charge is 2.14. The average molecular weight is 234 g/mol. The van der Waals surface area contributed by atoms with Crippen LogP contribution in [0.25, 0.3) is 11.2 Å². The van der Waals surface area contributed by atoms with Gasteiger partial charge in [0.25, 0.3) is 0 Å². The molecule has 0 aliphatic heterocycles. The highest BCUT2D eigenvalue weighted by molar-refractivity contribution is 5.72. The van der Waals surface area contributed by atoms with Crippen LogP contribution >= 0.6 is 0 Å². The molecule has 3 N–H and O–H groups in total. The van der Waals surface area contributed by atoms with Crippen molar-refractivity contribution in [3.05, 3.63) is 23.7 Å². The zero-order valence-electron chi connectivity index (χ0n) is 10.4. The lowest BCUT2D eigenvalue weighted by atomic mass is 10.1. The molecule has 0 saturated heterocycles. The summed E-state index contributed by atoms with van der Waals surface area (Å²) < 4.78 is 1.98. The van der Waals surface area contributed by atoms with Crippen molar-refractivity contribution >= 4 is 11.2 Å². The van der Waals surface area contributed by atoms with E-state index in [1.165, 1.54) is 0 Å². The van der Waals surface area contributed by atoms with E-state index in [0.717, 1.165) is 17.0 Å². The maximum Gasteiger partial charge on any atom is 0.159 e. The third-order valence-corrected chi connectivity index (χ3v) is 2.89. The minimum absolute atomic E-state index is 0.192. The van der Waals surface area contributed by atoms with Crippen molar-refractivity contribution in [2.75, 3.05) is 6.54 Å². The van der Waals surface area contributed by atoms with Gasteiger partial charge >= 0.3 is 0 Å². The Labute approximate surface area is 100 Å². The highest BCUT2D eigenvalue weighted by Crippen LogP contribution is 2.21. The van der Waals surface area contributed by atoms with E-state index in [0.29, 0.717) is 11.5 Å². The van der Waals surface area contributed by atoms with Gasteiger partial charge in [0.2, 0.25) is 0 Å². The van der Waals surface area contributed by atoms with E-state index in [2.05, 4.69) is 23.8 Å². The van der Waals surface area contributed by atoms with Crippen LogP contribution < -0.4 is 5.73 Å². The standard InChI is InChI=1S/C12H18N4O/c1-7(2)11-15-9-4-8(10(17)5-13)6-14-12(9)16(11)3/h4,6-7,10,17H,5,13H2,1-3H3. The predicted octanol–water partition coefficient (Wildman–Crippen LogP) is 1.08. The fourth-order valence-corrected chi connectivity index (χ4v) is 1.94. The molecule has 0 fully saturated rings. The Kier molecular flexibility index (Phi) is 3.13. The Bertz CT molecular complexity index is 533. The first-order valence-corrected chi connectivity index (χ1v) is 5.75. The number of nitrogens with two attached hydrogens (primary N) is 1. The molecule has 0 bridgehead atoms. The molecule has 0 saturated carbocycles. The van der Waals surface area contributed by atoms with Gasteiger partial charge in [-0.2, -0.15) is 0 Å². The highest BCUT2D eigenvalue weighted by atomic mass is 16.3. The van der Waals surface area contributed by atoms with Gasteiger partial charge in [-0.15, -0.1) is 0 Å². The number of aryl methyl sites for hydroxylation is 1. The predicted molar refractivity (Wildman–Crippen MR) is 66.6 cm³/mol. The second-order valence-electron chi connectivity index (χ2n) is 4.55. The monoisotopic (exact) mass is 234 g/mol. The summed E-state index contributed by atoms with van der Waals surface area (Å²) in [6.07, 6.45) is 0.988. The van der Waals surface area contributed by atoms with E-state index in [4.69, 9.17) is 5.73 Å². The SMILES string of the molecule is CC(C)c1nc2cc(C(O)CN)cnc2n1C. The van der Waals surface area contributed by atoms with Gasteiger partial charge in [0.1, 0.15) is 11.3 Å². The van der Waals surface area contributed by atoms with Crippen LogP contribution in [0.15, 0.2) is 12.3 Å². The number of pyridine rings is 1. The first kappa shape index (κ1) is 12.0. The van der Waals surface area contributed by atoms with Gasteiger partial charge in [0.05, 0.1) is 6.10 Å². The molecule has 5 nitrogen and oxygen atoms in total. The zero-order chi connectivity index (χ0) is 12.6. The minimum Gasteiger partial charge on any atom is -0.387 e. The van der Waals surface area contributed by atoms with E-state index < -0.39 is 6.10 Å². The summed E-state index contributed by atoms with van der Waals surface area (Å²) in [5.74, 6) is 1.34. The zero-order valence-corrected chi connectivity index (χ0v) is 10.4. The summed E-state index contributed by atoms with van der Waals surface area (Å²) in [4.78, 5) is 8.88. The lowest BCUT2D eigenvalue weighted by Gasteiger charge is -2.06. The van der Waals surface area contributed by atoms with Crippen molar-refractivity contribution in [1.29, 1.82) is 0 Å². The molecule has 2 rings (SSSR count). The van der Waals surface area contributed by atoms with Gasteiger partial charge in [0, 0.05) is 31.3 Å². The van der Waals surface area contributed by atoms with Crippen LogP contribution in [0, 0.1) is 0 Å². The molecular weight excluding hydrogens is 216 g/mol. The quantitative estimate of drug-likeness (QED) is 0.833. The molecule has 1 unspecified atom stereocenters. The average Bonchev–Trinajstić information content (AvgIpc) is 2.65. The van der Waals surface area contributed by atoms with E-state index in [-0.39, 0.29) is 6.54 Å². The molecule has 5 heteroatoms. The lowest BCUT2D eigenvalue weighted by molar-refractivity contribution is 0.186. The fourth-order valence-electron chi connectivity index (χ4n) is 1.94. The number of aromatic nitrogens is 3. The van der Waals surface area contributed by atoms with Crippen LogP contribution in [0.4, 0.5) is 0 Å². The number of hydrogen-bond acceptors (Lipinski definition) is 4. The lowest BCUT2D eigenvalue weighted by Crippen LogP contribution is -2.11. The summed E-state index contributed by atoms with van der Waals surface area (Å²) in [6.45, 7) is 4.38. The molecule has 2 aromatic rings. The number of aliphatic hydroxyl groups is 1. The van der Waals surface area contributed by atoms with Gasteiger partial charge in [-0.3, -0.25) is 0 Å². The van der Waals surface area contributed by atoms with Gasteiger partial charge in [-0.25, -0.2) is 9.97 Å². The third-order valence-electron chi connectivity index (χ3n) is 2.89. The number of imidazole rings is 1. The smallest absolute Gasteiger partial charge is 0.159 e. The van der Waals surface area contributed by atoms with E-state index in [9.17, 15) is 5.11 Å². The van der Waals surface area contributed by atoms with Crippen LogP contribution in [0.1, 0.15) is 37.3 Å². The third kappa shape index (κ3) is 2.03. The number of rotatable bonds is 3. The van der Waals surface area contributed by atoms with E-state index >= 15 is 0 Å². The number of fused-ring (bicyclic) bond motifs is 1. The fraction of sp³-hybridized carbons (Fsp3) is 0.500. The summed E-state index contributed by atoms with van der Waals surface area (Å²) in [7, 11) is 1.96. The van der Waals surface area contributed by atoms with Crippen LogP contribution in [0.2, 0.25) is 0 Å². The Morgan fingerprint density at radius 2 is 2.18 bits per heavy atom. The second-order valence-corrected chi connectivity index (χ2v) is 4.55. The Balaban J connectivity index is 2.55. The summed E-state index contributed by atoms with van der Waals surface area (Å²) in [5, 5.41) is 9.67. The van der Waals surface area contributed by atoms with Crippen molar-refractivity contribution in [2.24, 2.45) is 12.8 Å². The summed E-state index contributed by atoms with van der Waals surface area (Å²) in [5.41, 5.74) is 7.79. The summed E-state index contributed by atoms with van der Waals surface area (Å²) >= 11 is 0. The van der Waals surface area contributed by atoms with E-state index in [1.54, 1.807) is 6.20 Å². The van der Waals surface area contributed by atoms with Crippen LogP contribution in [0.3, 0.4) is 0 Å². The maximum absolute atomic E-state index is 9.67. The van der Waals surface area contributed by atoms with Crippen molar-refractivity contribution in [3.63, 3.8) is 0 Å². The normalized spacial score (nSPS) is 13.5. The van der Waals surface area contributed by atoms with Gasteiger partial charge < -0.3 is 15.4 Å². The number of nitrogens with zero attached hydrogens (tertiary/aromatic N) is 3.